The molecule has 2 amide bonds. The van der Waals surface area contributed by atoms with E-state index in [0.29, 0.717) is 23.1 Å². The molecule has 2 N–H and O–H groups in total. The number of hydrogen-bond acceptors (Lipinski definition) is 6. The molecule has 0 bridgehead atoms. The molecule has 2 rings (SSSR count). The van der Waals surface area contributed by atoms with E-state index in [9.17, 15) is 9.59 Å². The maximum atomic E-state index is 12.3. The molecule has 0 saturated carbocycles. The number of ether oxygens (including phenoxy) is 3. The van der Waals surface area contributed by atoms with Gasteiger partial charge in [0.05, 0.1) is 18.0 Å². The molecule has 8 nitrogen and oxygen atoms in total. The van der Waals surface area contributed by atoms with Crippen LogP contribution in [-0.2, 0) is 9.53 Å². The second-order valence-electron chi connectivity index (χ2n) is 7.99. The second kappa shape index (κ2) is 9.96. The number of nitrogens with one attached hydrogen (secondary N) is 2. The Balaban J connectivity index is 1.91. The number of benzene rings is 1. The number of rotatable bonds is 7. The van der Waals surface area contributed by atoms with Crippen LogP contribution in [-0.4, -0.2) is 34.7 Å². The first-order valence-electron chi connectivity index (χ1n) is 9.73. The number of carbonyl (C=O) groups is 2. The molecule has 2 aromatic rings. The van der Waals surface area contributed by atoms with Crippen molar-refractivity contribution in [1.29, 1.82) is 0 Å². The van der Waals surface area contributed by atoms with E-state index in [1.807, 2.05) is 26.0 Å². The van der Waals surface area contributed by atoms with Crippen molar-refractivity contribution >= 4 is 17.7 Å². The normalized spacial score (nSPS) is 12.1. The Hall–Kier alpha value is -3.29. The Morgan fingerprint density at radius 3 is 2.33 bits per heavy atom. The minimum Gasteiger partial charge on any atom is -0.491 e. The fourth-order valence-electron chi connectivity index (χ4n) is 2.32. The molecule has 0 aliphatic heterocycles. The van der Waals surface area contributed by atoms with E-state index < -0.39 is 23.6 Å². The molecule has 30 heavy (non-hydrogen) atoms. The monoisotopic (exact) mass is 415 g/mol. The zero-order valence-corrected chi connectivity index (χ0v) is 18.2. The number of nitrogens with zero attached hydrogens (tertiary/aromatic N) is 1. The Labute approximate surface area is 176 Å². The molecule has 0 saturated heterocycles. The standard InChI is InChI=1S/C22H29N3O5/c1-14(2)28-17-8-7-9-18(12-17)29-19-11-10-16(13-23-19)25-20(26)15(3)24-21(27)30-22(4,5)6/h7-15H,1-6H3,(H,24,27)(H,25,26). The average molecular weight is 415 g/mol. The number of carbonyl (C=O) groups excluding carboxylic acids is 2. The van der Waals surface area contributed by atoms with Crippen molar-refractivity contribution in [2.45, 2.75) is 59.3 Å². The van der Waals surface area contributed by atoms with Crippen molar-refractivity contribution in [2.75, 3.05) is 5.32 Å². The summed E-state index contributed by atoms with van der Waals surface area (Å²) in [6.07, 6.45) is 0.881. The van der Waals surface area contributed by atoms with Gasteiger partial charge < -0.3 is 24.8 Å². The topological polar surface area (TPSA) is 98.8 Å². The molecule has 0 spiro atoms. The van der Waals surface area contributed by atoms with E-state index in [4.69, 9.17) is 14.2 Å². The molecule has 0 fully saturated rings. The van der Waals surface area contributed by atoms with Gasteiger partial charge >= 0.3 is 6.09 Å². The van der Waals surface area contributed by atoms with Crippen molar-refractivity contribution in [3.8, 4) is 17.4 Å². The molecule has 1 aromatic carbocycles. The fourth-order valence-corrected chi connectivity index (χ4v) is 2.32. The van der Waals surface area contributed by atoms with E-state index in [-0.39, 0.29) is 6.10 Å². The predicted molar refractivity (Wildman–Crippen MR) is 114 cm³/mol. The van der Waals surface area contributed by atoms with Crippen LogP contribution in [0.25, 0.3) is 0 Å². The summed E-state index contributed by atoms with van der Waals surface area (Å²) in [6, 6.07) is 9.79. The van der Waals surface area contributed by atoms with Crippen LogP contribution in [0, 0.1) is 0 Å². The van der Waals surface area contributed by atoms with Crippen LogP contribution in [0.4, 0.5) is 10.5 Å². The Morgan fingerprint density at radius 2 is 1.73 bits per heavy atom. The van der Waals surface area contributed by atoms with Crippen LogP contribution >= 0.6 is 0 Å². The smallest absolute Gasteiger partial charge is 0.408 e. The lowest BCUT2D eigenvalue weighted by atomic mass is 10.2. The zero-order valence-electron chi connectivity index (χ0n) is 18.2. The average Bonchev–Trinajstić information content (AvgIpc) is 2.61. The minimum absolute atomic E-state index is 0.0634. The highest BCUT2D eigenvalue weighted by molar-refractivity contribution is 5.96. The van der Waals surface area contributed by atoms with E-state index in [1.54, 1.807) is 52.0 Å². The maximum Gasteiger partial charge on any atom is 0.408 e. The number of hydrogen-bond donors (Lipinski definition) is 2. The lowest BCUT2D eigenvalue weighted by molar-refractivity contribution is -0.117. The molecule has 1 aromatic heterocycles. The first-order valence-corrected chi connectivity index (χ1v) is 9.73. The van der Waals surface area contributed by atoms with Gasteiger partial charge in [0.2, 0.25) is 11.8 Å². The molecular formula is C22H29N3O5. The van der Waals surface area contributed by atoms with Gasteiger partial charge in [-0.25, -0.2) is 9.78 Å². The van der Waals surface area contributed by atoms with Crippen molar-refractivity contribution in [2.24, 2.45) is 0 Å². The van der Waals surface area contributed by atoms with E-state index in [0.717, 1.165) is 0 Å². The van der Waals surface area contributed by atoms with E-state index in [2.05, 4.69) is 15.6 Å². The SMILES string of the molecule is CC(C)Oc1cccc(Oc2ccc(NC(=O)C(C)NC(=O)OC(C)(C)C)cn2)c1. The third kappa shape index (κ3) is 7.98. The number of anilines is 1. The van der Waals surface area contributed by atoms with E-state index >= 15 is 0 Å². The van der Waals surface area contributed by atoms with E-state index in [1.165, 1.54) is 6.20 Å². The maximum absolute atomic E-state index is 12.3. The number of aromatic nitrogens is 1. The second-order valence-corrected chi connectivity index (χ2v) is 7.99. The lowest BCUT2D eigenvalue weighted by Crippen LogP contribution is -2.43. The van der Waals surface area contributed by atoms with Gasteiger partial charge in [-0.05, 0) is 59.7 Å². The first-order chi connectivity index (χ1) is 14.0. The summed E-state index contributed by atoms with van der Waals surface area (Å²) in [5.74, 6) is 1.27. The summed E-state index contributed by atoms with van der Waals surface area (Å²) in [5, 5.41) is 5.17. The number of alkyl carbamates (subject to hydrolysis) is 1. The zero-order chi connectivity index (χ0) is 22.3. The Morgan fingerprint density at radius 1 is 1.03 bits per heavy atom. The predicted octanol–water partition coefficient (Wildman–Crippen LogP) is 4.51. The summed E-state index contributed by atoms with van der Waals surface area (Å²) in [7, 11) is 0. The largest absolute Gasteiger partial charge is 0.491 e. The molecule has 0 radical (unpaired) electrons. The third-order valence-corrected chi connectivity index (χ3v) is 3.53. The Kier molecular flexibility index (Phi) is 7.63. The Bertz CT molecular complexity index is 860. The highest BCUT2D eigenvalue weighted by Gasteiger charge is 2.21. The van der Waals surface area contributed by atoms with Gasteiger partial charge in [0.15, 0.2) is 0 Å². The van der Waals surface area contributed by atoms with Crippen LogP contribution in [0.5, 0.6) is 17.4 Å². The van der Waals surface area contributed by atoms with Crippen molar-refractivity contribution in [1.82, 2.24) is 10.3 Å². The van der Waals surface area contributed by atoms with Crippen LogP contribution in [0.3, 0.4) is 0 Å². The van der Waals surface area contributed by atoms with Gasteiger partial charge in [0, 0.05) is 12.1 Å². The number of amides is 2. The summed E-state index contributed by atoms with van der Waals surface area (Å²) >= 11 is 0. The van der Waals surface area contributed by atoms with Crippen molar-refractivity contribution in [3.63, 3.8) is 0 Å². The lowest BCUT2D eigenvalue weighted by Gasteiger charge is -2.21. The molecule has 8 heteroatoms. The van der Waals surface area contributed by atoms with Crippen LogP contribution in [0.1, 0.15) is 41.5 Å². The van der Waals surface area contributed by atoms with Gasteiger partial charge in [0.25, 0.3) is 0 Å². The van der Waals surface area contributed by atoms with Crippen molar-refractivity contribution in [3.05, 3.63) is 42.6 Å². The quantitative estimate of drug-likeness (QED) is 0.690. The van der Waals surface area contributed by atoms with Crippen molar-refractivity contribution < 1.29 is 23.8 Å². The third-order valence-electron chi connectivity index (χ3n) is 3.53. The summed E-state index contributed by atoms with van der Waals surface area (Å²) in [4.78, 5) is 28.2. The molecule has 1 heterocycles. The fraction of sp³-hybridized carbons (Fsp3) is 0.409. The molecule has 162 valence electrons. The van der Waals surface area contributed by atoms with Gasteiger partial charge in [-0.3, -0.25) is 4.79 Å². The van der Waals surface area contributed by atoms with Gasteiger partial charge in [-0.15, -0.1) is 0 Å². The highest BCUT2D eigenvalue weighted by Crippen LogP contribution is 2.25. The summed E-state index contributed by atoms with van der Waals surface area (Å²) in [5.41, 5.74) is -0.164. The molecule has 0 aliphatic rings. The van der Waals surface area contributed by atoms with Crippen LogP contribution in [0.15, 0.2) is 42.6 Å². The molecule has 1 atom stereocenters. The molecule has 0 aliphatic carbocycles. The van der Waals surface area contributed by atoms with Gasteiger partial charge in [-0.1, -0.05) is 6.07 Å². The van der Waals surface area contributed by atoms with Gasteiger partial charge in [0.1, 0.15) is 23.1 Å². The molecular weight excluding hydrogens is 386 g/mol. The highest BCUT2D eigenvalue weighted by atomic mass is 16.6. The van der Waals surface area contributed by atoms with Gasteiger partial charge in [-0.2, -0.15) is 0 Å². The minimum atomic E-state index is -0.778. The first kappa shape index (κ1) is 23.0. The summed E-state index contributed by atoms with van der Waals surface area (Å²) in [6.45, 7) is 10.7. The van der Waals surface area contributed by atoms with Crippen LogP contribution in [0.2, 0.25) is 0 Å². The van der Waals surface area contributed by atoms with Crippen LogP contribution < -0.4 is 20.1 Å². The summed E-state index contributed by atoms with van der Waals surface area (Å²) < 4.78 is 16.5. The number of pyridine rings is 1. The molecule has 1 unspecified atom stereocenters.